The monoisotopic (exact) mass is 444 g/mol. The van der Waals surface area contributed by atoms with Gasteiger partial charge < -0.3 is 23.7 Å². The Morgan fingerprint density at radius 2 is 1.77 bits per heavy atom. The summed E-state index contributed by atoms with van der Waals surface area (Å²) < 4.78 is 28.3. The standard InChI is InChI=1S/C18H24N2O9S/c1-6-30-18-19-16(24)12(25-5)7-20(18)17-15(28-11(4)23)14(27-10(3)22)13(29-17)8-26-9(2)21/h7,13-15,17H,6,8H2,1-5H3/t13-,14-,15-,17-/m1/s1. The molecule has 0 aromatic carbocycles. The molecule has 0 saturated carbocycles. The van der Waals surface area contributed by atoms with Gasteiger partial charge in [-0.25, -0.2) is 0 Å². The minimum Gasteiger partial charge on any atom is -0.490 e. The van der Waals surface area contributed by atoms with Gasteiger partial charge >= 0.3 is 23.5 Å². The normalized spacial score (nSPS) is 23.0. The fourth-order valence-electron chi connectivity index (χ4n) is 2.91. The zero-order chi connectivity index (χ0) is 22.4. The molecule has 4 atom stereocenters. The molecule has 0 aliphatic carbocycles. The largest absolute Gasteiger partial charge is 0.490 e. The van der Waals surface area contributed by atoms with Crippen LogP contribution < -0.4 is 10.3 Å². The summed E-state index contributed by atoms with van der Waals surface area (Å²) in [4.78, 5) is 50.8. The van der Waals surface area contributed by atoms with E-state index in [1.54, 1.807) is 0 Å². The van der Waals surface area contributed by atoms with Crippen molar-refractivity contribution in [2.45, 2.75) is 57.4 Å². The molecule has 0 N–H and O–H groups in total. The molecule has 12 heteroatoms. The fourth-order valence-corrected chi connectivity index (χ4v) is 3.62. The van der Waals surface area contributed by atoms with Crippen LogP contribution in [0.25, 0.3) is 0 Å². The van der Waals surface area contributed by atoms with Crippen LogP contribution in [-0.2, 0) is 33.3 Å². The molecule has 0 amide bonds. The smallest absolute Gasteiger partial charge is 0.315 e. The third-order valence-electron chi connectivity index (χ3n) is 3.99. The Bertz CT molecular complexity index is 857. The summed E-state index contributed by atoms with van der Waals surface area (Å²) in [5, 5.41) is 0.292. The molecule has 2 rings (SSSR count). The number of aromatic nitrogens is 2. The van der Waals surface area contributed by atoms with E-state index in [4.69, 9.17) is 23.7 Å². The van der Waals surface area contributed by atoms with Crippen LogP contribution in [0.15, 0.2) is 16.1 Å². The zero-order valence-corrected chi connectivity index (χ0v) is 18.1. The first-order chi connectivity index (χ1) is 14.2. The number of rotatable bonds is 8. The van der Waals surface area contributed by atoms with Crippen molar-refractivity contribution >= 4 is 29.7 Å². The summed E-state index contributed by atoms with van der Waals surface area (Å²) in [5.41, 5.74) is -0.570. The Morgan fingerprint density at radius 3 is 2.30 bits per heavy atom. The average molecular weight is 444 g/mol. The van der Waals surface area contributed by atoms with Gasteiger partial charge in [-0.1, -0.05) is 18.7 Å². The van der Waals surface area contributed by atoms with Crippen molar-refractivity contribution in [3.8, 4) is 5.75 Å². The molecule has 0 spiro atoms. The van der Waals surface area contributed by atoms with E-state index in [1.807, 2.05) is 6.92 Å². The van der Waals surface area contributed by atoms with Gasteiger partial charge in [-0.3, -0.25) is 23.7 Å². The van der Waals surface area contributed by atoms with E-state index in [0.717, 1.165) is 0 Å². The van der Waals surface area contributed by atoms with E-state index in [0.29, 0.717) is 10.9 Å². The van der Waals surface area contributed by atoms with Crippen LogP contribution in [0, 0.1) is 0 Å². The highest BCUT2D eigenvalue weighted by Crippen LogP contribution is 2.36. The first-order valence-electron chi connectivity index (χ1n) is 9.11. The molecule has 2 heterocycles. The minimum atomic E-state index is -1.09. The Morgan fingerprint density at radius 1 is 1.13 bits per heavy atom. The van der Waals surface area contributed by atoms with Crippen LogP contribution in [0.1, 0.15) is 33.9 Å². The molecule has 1 saturated heterocycles. The molecule has 11 nitrogen and oxygen atoms in total. The third kappa shape index (κ3) is 5.72. The van der Waals surface area contributed by atoms with Crippen LogP contribution in [0.2, 0.25) is 0 Å². The first-order valence-corrected chi connectivity index (χ1v) is 10.1. The molecule has 0 radical (unpaired) electrons. The van der Waals surface area contributed by atoms with Gasteiger partial charge in [0.05, 0.1) is 13.3 Å². The van der Waals surface area contributed by atoms with Crippen molar-refractivity contribution < 1.29 is 38.1 Å². The number of hydrogen-bond acceptors (Lipinski definition) is 11. The van der Waals surface area contributed by atoms with Gasteiger partial charge in [0, 0.05) is 20.8 Å². The highest BCUT2D eigenvalue weighted by molar-refractivity contribution is 7.99. The number of thioether (sulfide) groups is 1. The van der Waals surface area contributed by atoms with E-state index in [2.05, 4.69) is 4.98 Å². The van der Waals surface area contributed by atoms with Crippen molar-refractivity contribution in [3.63, 3.8) is 0 Å². The van der Waals surface area contributed by atoms with Crippen LogP contribution in [0.3, 0.4) is 0 Å². The van der Waals surface area contributed by atoms with E-state index in [1.165, 1.54) is 50.4 Å². The third-order valence-corrected chi connectivity index (χ3v) is 4.84. The Labute approximate surface area is 177 Å². The van der Waals surface area contributed by atoms with E-state index < -0.39 is 48.0 Å². The predicted molar refractivity (Wildman–Crippen MR) is 103 cm³/mol. The molecular weight excluding hydrogens is 420 g/mol. The second-order valence-corrected chi connectivity index (χ2v) is 7.48. The Hall–Kier alpha value is -2.60. The number of nitrogens with zero attached hydrogens (tertiary/aromatic N) is 2. The van der Waals surface area contributed by atoms with Gasteiger partial charge in [-0.05, 0) is 5.75 Å². The molecule has 0 unspecified atom stereocenters. The minimum absolute atomic E-state index is 0.0481. The maximum atomic E-state index is 12.1. The van der Waals surface area contributed by atoms with Gasteiger partial charge in [-0.2, -0.15) is 4.98 Å². The number of hydrogen-bond donors (Lipinski definition) is 0. The molecule has 1 aromatic rings. The van der Waals surface area contributed by atoms with Gasteiger partial charge in [0.1, 0.15) is 12.7 Å². The lowest BCUT2D eigenvalue weighted by Crippen LogP contribution is -2.40. The number of methoxy groups -OCH3 is 1. The molecule has 0 bridgehead atoms. The molecule has 1 aliphatic heterocycles. The van der Waals surface area contributed by atoms with Crippen LogP contribution in [-0.4, -0.2) is 65.2 Å². The average Bonchev–Trinajstić information content (AvgIpc) is 2.96. The number of carbonyl (C=O) groups is 3. The van der Waals surface area contributed by atoms with E-state index >= 15 is 0 Å². The second-order valence-electron chi connectivity index (χ2n) is 6.25. The summed E-state index contributed by atoms with van der Waals surface area (Å²) in [6.45, 7) is 5.26. The topological polar surface area (TPSA) is 132 Å². The number of ether oxygens (including phenoxy) is 5. The summed E-state index contributed by atoms with van der Waals surface area (Å²) in [7, 11) is 1.32. The molecule has 30 heavy (non-hydrogen) atoms. The lowest BCUT2D eigenvalue weighted by Gasteiger charge is -2.25. The van der Waals surface area contributed by atoms with Crippen molar-refractivity contribution in [2.24, 2.45) is 0 Å². The van der Waals surface area contributed by atoms with Crippen molar-refractivity contribution in [1.82, 2.24) is 9.55 Å². The SMILES string of the molecule is CCSc1nc(=O)c(OC)cn1[C@@H]1O[C@H](COC(C)=O)[C@@H](OC(C)=O)[C@H]1OC(C)=O. The van der Waals surface area contributed by atoms with Crippen LogP contribution in [0.4, 0.5) is 0 Å². The van der Waals surface area contributed by atoms with Gasteiger partial charge in [0.15, 0.2) is 23.6 Å². The molecule has 166 valence electrons. The second kappa shape index (κ2) is 10.4. The Kier molecular flexibility index (Phi) is 8.24. The van der Waals surface area contributed by atoms with Crippen molar-refractivity contribution in [1.29, 1.82) is 0 Å². The lowest BCUT2D eigenvalue weighted by molar-refractivity contribution is -0.166. The van der Waals surface area contributed by atoms with E-state index in [9.17, 15) is 19.2 Å². The van der Waals surface area contributed by atoms with Crippen LogP contribution >= 0.6 is 11.8 Å². The van der Waals surface area contributed by atoms with Crippen molar-refractivity contribution in [3.05, 3.63) is 16.6 Å². The summed E-state index contributed by atoms with van der Waals surface area (Å²) in [6.07, 6.45) is -2.70. The summed E-state index contributed by atoms with van der Waals surface area (Å²) in [6, 6.07) is 0. The van der Waals surface area contributed by atoms with Gasteiger partial charge in [0.2, 0.25) is 5.75 Å². The van der Waals surface area contributed by atoms with Crippen LogP contribution in [0.5, 0.6) is 5.75 Å². The molecular formula is C18H24N2O9S. The number of esters is 3. The highest BCUT2D eigenvalue weighted by Gasteiger charge is 2.51. The molecule has 1 aliphatic rings. The predicted octanol–water partition coefficient (Wildman–Crippen LogP) is 0.688. The van der Waals surface area contributed by atoms with Gasteiger partial charge in [-0.15, -0.1) is 0 Å². The summed E-state index contributed by atoms with van der Waals surface area (Å²) in [5.74, 6) is -1.28. The quantitative estimate of drug-likeness (QED) is 0.243. The lowest BCUT2D eigenvalue weighted by atomic mass is 10.1. The van der Waals surface area contributed by atoms with Crippen molar-refractivity contribution in [2.75, 3.05) is 19.5 Å². The van der Waals surface area contributed by atoms with E-state index in [-0.39, 0.29) is 12.4 Å². The molecule has 1 fully saturated rings. The summed E-state index contributed by atoms with van der Waals surface area (Å²) >= 11 is 1.26. The maximum Gasteiger partial charge on any atom is 0.315 e. The van der Waals surface area contributed by atoms with Gasteiger partial charge in [0.25, 0.3) is 0 Å². The highest BCUT2D eigenvalue weighted by atomic mass is 32.2. The zero-order valence-electron chi connectivity index (χ0n) is 17.3. The number of carbonyl (C=O) groups excluding carboxylic acids is 3. The molecule has 1 aromatic heterocycles. The maximum absolute atomic E-state index is 12.1. The Balaban J connectivity index is 2.54. The fraction of sp³-hybridized carbons (Fsp3) is 0.611. The first kappa shape index (κ1) is 23.7.